The minimum absolute atomic E-state index is 0.190. The molecule has 3 aromatic carbocycles. The van der Waals surface area contributed by atoms with Crippen LogP contribution in [-0.2, 0) is 17.8 Å². The van der Waals surface area contributed by atoms with E-state index in [-0.39, 0.29) is 18.9 Å². The van der Waals surface area contributed by atoms with Gasteiger partial charge < -0.3 is 9.47 Å². The van der Waals surface area contributed by atoms with Crippen molar-refractivity contribution in [2.75, 3.05) is 6.61 Å². The third-order valence-corrected chi connectivity index (χ3v) is 5.80. The fourth-order valence-corrected chi connectivity index (χ4v) is 3.86. The number of ether oxygens (including phenoxy) is 2. The van der Waals surface area contributed by atoms with Gasteiger partial charge in [-0.2, -0.15) is 5.10 Å². The first-order chi connectivity index (χ1) is 15.9. The summed E-state index contributed by atoms with van der Waals surface area (Å²) in [6.07, 6.45) is 1.71. The number of rotatable bonds is 9. The molecule has 0 spiro atoms. The summed E-state index contributed by atoms with van der Waals surface area (Å²) in [7, 11) is 0. The quantitative estimate of drug-likeness (QED) is 0.221. The van der Waals surface area contributed by atoms with E-state index in [0.29, 0.717) is 38.7 Å². The normalized spacial score (nSPS) is 10.9. The van der Waals surface area contributed by atoms with Gasteiger partial charge in [-0.15, -0.1) is 0 Å². The summed E-state index contributed by atoms with van der Waals surface area (Å²) in [6, 6.07) is 16.1. The van der Waals surface area contributed by atoms with E-state index in [1.807, 2.05) is 31.2 Å². The number of amides is 1. The zero-order chi connectivity index (χ0) is 23.8. The minimum Gasteiger partial charge on any atom is -0.490 e. The van der Waals surface area contributed by atoms with E-state index in [2.05, 4.69) is 26.5 Å². The Bertz CT molecular complexity index is 1150. The van der Waals surface area contributed by atoms with Gasteiger partial charge in [0.2, 0.25) is 5.91 Å². The second-order valence-electron chi connectivity index (χ2n) is 6.88. The molecule has 1 amide bonds. The van der Waals surface area contributed by atoms with E-state index in [0.717, 1.165) is 15.6 Å². The van der Waals surface area contributed by atoms with E-state index in [1.54, 1.807) is 30.3 Å². The molecule has 0 aliphatic heterocycles. The molecule has 0 fully saturated rings. The molecule has 3 aromatic rings. The average Bonchev–Trinajstić information content (AvgIpc) is 2.76. The Morgan fingerprint density at radius 3 is 2.48 bits per heavy atom. The molecule has 0 aliphatic rings. The zero-order valence-corrected chi connectivity index (χ0v) is 21.4. The summed E-state index contributed by atoms with van der Waals surface area (Å²) >= 11 is 22.0. The third kappa shape index (κ3) is 7.64. The number of nitrogens with zero attached hydrogens (tertiary/aromatic N) is 1. The lowest BCUT2D eigenvalue weighted by atomic mass is 10.1. The molecule has 0 saturated carbocycles. The van der Waals surface area contributed by atoms with Crippen molar-refractivity contribution < 1.29 is 14.3 Å². The van der Waals surface area contributed by atoms with Gasteiger partial charge in [0, 0.05) is 20.1 Å². The molecule has 0 bridgehead atoms. The molecule has 0 heterocycles. The monoisotopic (exact) mass is 568 g/mol. The van der Waals surface area contributed by atoms with Crippen molar-refractivity contribution in [1.82, 2.24) is 5.43 Å². The van der Waals surface area contributed by atoms with Crippen LogP contribution in [0.3, 0.4) is 0 Å². The maximum Gasteiger partial charge on any atom is 0.244 e. The maximum absolute atomic E-state index is 12.1. The molecule has 0 unspecified atom stereocenters. The van der Waals surface area contributed by atoms with Crippen LogP contribution >= 0.6 is 50.7 Å². The summed E-state index contributed by atoms with van der Waals surface area (Å²) in [5, 5.41) is 5.41. The van der Waals surface area contributed by atoms with Gasteiger partial charge in [-0.3, -0.25) is 4.79 Å². The van der Waals surface area contributed by atoms with Crippen LogP contribution in [0.15, 0.2) is 64.2 Å². The van der Waals surface area contributed by atoms with Gasteiger partial charge in [-0.25, -0.2) is 5.43 Å². The van der Waals surface area contributed by atoms with Crippen molar-refractivity contribution in [2.24, 2.45) is 5.10 Å². The fourth-order valence-electron chi connectivity index (χ4n) is 2.86. The molecule has 5 nitrogen and oxygen atoms in total. The van der Waals surface area contributed by atoms with Crippen LogP contribution in [0.25, 0.3) is 0 Å². The molecule has 172 valence electrons. The van der Waals surface area contributed by atoms with E-state index in [9.17, 15) is 4.79 Å². The molecule has 0 radical (unpaired) electrons. The van der Waals surface area contributed by atoms with Crippen molar-refractivity contribution in [3.8, 4) is 11.5 Å². The largest absolute Gasteiger partial charge is 0.490 e. The predicted octanol–water partition coefficient (Wildman–Crippen LogP) is 7.08. The molecule has 33 heavy (non-hydrogen) atoms. The SMILES string of the molecule is CCOc1cc(/C=N\NC(=O)Cc2ccc(Br)cc2)cc(Cl)c1OCc1ccc(Cl)cc1Cl. The molecular formula is C24H20BrCl3N2O3. The van der Waals surface area contributed by atoms with Gasteiger partial charge in [-0.1, -0.05) is 68.9 Å². The molecule has 3 rings (SSSR count). The molecule has 0 saturated heterocycles. The lowest BCUT2D eigenvalue weighted by molar-refractivity contribution is -0.120. The minimum atomic E-state index is -0.232. The lowest BCUT2D eigenvalue weighted by Crippen LogP contribution is -2.19. The molecule has 0 aromatic heterocycles. The lowest BCUT2D eigenvalue weighted by Gasteiger charge is -2.15. The number of halogens is 4. The van der Waals surface area contributed by atoms with Crippen LogP contribution in [0.4, 0.5) is 0 Å². The van der Waals surface area contributed by atoms with Crippen LogP contribution in [0.2, 0.25) is 15.1 Å². The molecule has 0 aliphatic carbocycles. The first-order valence-electron chi connectivity index (χ1n) is 9.95. The number of hydrazone groups is 1. The Morgan fingerprint density at radius 2 is 1.79 bits per heavy atom. The third-order valence-electron chi connectivity index (χ3n) is 4.40. The Hall–Kier alpha value is -2.25. The van der Waals surface area contributed by atoms with E-state index < -0.39 is 0 Å². The summed E-state index contributed by atoms with van der Waals surface area (Å²) < 4.78 is 12.5. The summed E-state index contributed by atoms with van der Waals surface area (Å²) in [5.74, 6) is 0.614. The number of hydrogen-bond donors (Lipinski definition) is 1. The van der Waals surface area contributed by atoms with Crippen LogP contribution in [0.5, 0.6) is 11.5 Å². The van der Waals surface area contributed by atoms with Gasteiger partial charge in [0.05, 0.1) is 24.3 Å². The van der Waals surface area contributed by atoms with Crippen molar-refractivity contribution in [2.45, 2.75) is 20.0 Å². The first kappa shape index (κ1) is 25.4. The second-order valence-corrected chi connectivity index (χ2v) is 9.05. The topological polar surface area (TPSA) is 59.9 Å². The zero-order valence-electron chi connectivity index (χ0n) is 17.6. The van der Waals surface area contributed by atoms with Crippen LogP contribution in [-0.4, -0.2) is 18.7 Å². The first-order valence-corrected chi connectivity index (χ1v) is 11.9. The van der Waals surface area contributed by atoms with E-state index in [4.69, 9.17) is 44.3 Å². The standard InChI is InChI=1S/C24H20BrCl3N2O3/c1-2-32-22-10-16(13-29-30-23(31)11-15-3-6-18(25)7-4-15)9-21(28)24(22)33-14-17-5-8-19(26)12-20(17)27/h3-10,12-13H,2,11,14H2,1H3,(H,30,31)/b29-13-. The average molecular weight is 571 g/mol. The Kier molecular flexibility index (Phi) is 9.44. The van der Waals surface area contributed by atoms with E-state index >= 15 is 0 Å². The highest BCUT2D eigenvalue weighted by Gasteiger charge is 2.14. The predicted molar refractivity (Wildman–Crippen MR) is 137 cm³/mol. The molecule has 9 heteroatoms. The van der Waals surface area contributed by atoms with Crippen LogP contribution < -0.4 is 14.9 Å². The van der Waals surface area contributed by atoms with Crippen molar-refractivity contribution in [3.63, 3.8) is 0 Å². The smallest absolute Gasteiger partial charge is 0.244 e. The molecule has 1 N–H and O–H groups in total. The van der Waals surface area contributed by atoms with Gasteiger partial charge in [0.15, 0.2) is 11.5 Å². The van der Waals surface area contributed by atoms with E-state index in [1.165, 1.54) is 6.21 Å². The highest BCUT2D eigenvalue weighted by Crippen LogP contribution is 2.37. The van der Waals surface area contributed by atoms with Crippen molar-refractivity contribution in [1.29, 1.82) is 0 Å². The van der Waals surface area contributed by atoms with Crippen LogP contribution in [0.1, 0.15) is 23.6 Å². The van der Waals surface area contributed by atoms with Gasteiger partial charge >= 0.3 is 0 Å². The van der Waals surface area contributed by atoms with Crippen LogP contribution in [0, 0.1) is 0 Å². The van der Waals surface area contributed by atoms with Gasteiger partial charge in [0.25, 0.3) is 0 Å². The molecular weight excluding hydrogens is 551 g/mol. The summed E-state index contributed by atoms with van der Waals surface area (Å²) in [4.78, 5) is 12.1. The highest BCUT2D eigenvalue weighted by atomic mass is 79.9. The number of benzene rings is 3. The number of nitrogens with one attached hydrogen (secondary N) is 1. The van der Waals surface area contributed by atoms with Crippen molar-refractivity contribution >= 4 is 62.9 Å². The number of hydrogen-bond acceptors (Lipinski definition) is 4. The highest BCUT2D eigenvalue weighted by molar-refractivity contribution is 9.10. The second kappa shape index (κ2) is 12.3. The molecule has 0 atom stereocenters. The Labute approximate surface area is 215 Å². The maximum atomic E-state index is 12.1. The Balaban J connectivity index is 1.67. The fraction of sp³-hybridized carbons (Fsp3) is 0.167. The van der Waals surface area contributed by atoms with Crippen molar-refractivity contribution in [3.05, 3.63) is 90.8 Å². The summed E-state index contributed by atoms with van der Waals surface area (Å²) in [5.41, 5.74) is 4.81. The van der Waals surface area contributed by atoms with Gasteiger partial charge in [0.1, 0.15) is 6.61 Å². The number of carbonyl (C=O) groups is 1. The number of carbonyl (C=O) groups excluding carboxylic acids is 1. The summed E-state index contributed by atoms with van der Waals surface area (Å²) in [6.45, 7) is 2.46. The van der Waals surface area contributed by atoms with Gasteiger partial charge in [-0.05, 0) is 54.4 Å². The Morgan fingerprint density at radius 1 is 1.03 bits per heavy atom.